The summed E-state index contributed by atoms with van der Waals surface area (Å²) < 4.78 is 5.40. The number of halogens is 3. The fourth-order valence-corrected chi connectivity index (χ4v) is 3.17. The molecular formula is C22H17Cl3N2O3. The first-order chi connectivity index (χ1) is 14.3. The van der Waals surface area contributed by atoms with Gasteiger partial charge in [0.2, 0.25) is 0 Å². The summed E-state index contributed by atoms with van der Waals surface area (Å²) in [7, 11) is 0. The van der Waals surface area contributed by atoms with Crippen molar-refractivity contribution in [3.63, 3.8) is 0 Å². The number of ether oxygens (including phenoxy) is 1. The number of nitrogens with one attached hydrogen (secondary N) is 2. The zero-order valence-corrected chi connectivity index (χ0v) is 18.1. The van der Waals surface area contributed by atoms with Gasteiger partial charge in [-0.2, -0.15) is 0 Å². The van der Waals surface area contributed by atoms with Gasteiger partial charge in [-0.25, -0.2) is 0 Å². The maximum Gasteiger partial charge on any atom is 0.262 e. The third kappa shape index (κ3) is 5.89. The van der Waals surface area contributed by atoms with Crippen molar-refractivity contribution in [2.24, 2.45) is 0 Å². The van der Waals surface area contributed by atoms with Crippen molar-refractivity contribution < 1.29 is 14.3 Å². The van der Waals surface area contributed by atoms with Gasteiger partial charge >= 0.3 is 0 Å². The van der Waals surface area contributed by atoms with E-state index in [1.54, 1.807) is 30.3 Å². The molecular weight excluding hydrogens is 447 g/mol. The fourth-order valence-electron chi connectivity index (χ4n) is 2.58. The highest BCUT2D eigenvalue weighted by Gasteiger charge is 2.10. The van der Waals surface area contributed by atoms with E-state index >= 15 is 0 Å². The van der Waals surface area contributed by atoms with Crippen molar-refractivity contribution in [1.29, 1.82) is 0 Å². The van der Waals surface area contributed by atoms with E-state index in [-0.39, 0.29) is 34.2 Å². The van der Waals surface area contributed by atoms with Crippen molar-refractivity contribution in [3.8, 4) is 5.75 Å². The summed E-state index contributed by atoms with van der Waals surface area (Å²) in [6.45, 7) is 1.66. The van der Waals surface area contributed by atoms with E-state index in [9.17, 15) is 9.59 Å². The lowest BCUT2D eigenvalue weighted by atomic mass is 10.1. The normalized spacial score (nSPS) is 10.4. The van der Waals surface area contributed by atoms with Crippen molar-refractivity contribution in [2.75, 3.05) is 17.2 Å². The highest BCUT2D eigenvalue weighted by Crippen LogP contribution is 2.33. The Hall–Kier alpha value is -2.73. The molecule has 3 aromatic rings. The van der Waals surface area contributed by atoms with Gasteiger partial charge in [-0.05, 0) is 49.4 Å². The van der Waals surface area contributed by atoms with E-state index < -0.39 is 0 Å². The number of amides is 2. The molecule has 3 rings (SSSR count). The van der Waals surface area contributed by atoms with Crippen LogP contribution >= 0.6 is 34.8 Å². The number of benzene rings is 3. The molecule has 2 N–H and O–H groups in total. The SMILES string of the molecule is Cc1cccc(C(=O)Nc2ccc(NC(=O)COc3cc(Cl)c(Cl)cc3Cl)cc2)c1. The second-order valence-corrected chi connectivity index (χ2v) is 7.66. The first kappa shape index (κ1) is 22.0. The van der Waals surface area contributed by atoms with Gasteiger partial charge in [-0.1, -0.05) is 52.5 Å². The molecule has 8 heteroatoms. The molecule has 0 spiro atoms. The van der Waals surface area contributed by atoms with Crippen LogP contribution in [-0.4, -0.2) is 18.4 Å². The minimum Gasteiger partial charge on any atom is -0.482 e. The molecule has 0 radical (unpaired) electrons. The zero-order valence-electron chi connectivity index (χ0n) is 15.8. The van der Waals surface area contributed by atoms with Crippen LogP contribution in [0, 0.1) is 6.92 Å². The summed E-state index contributed by atoms with van der Waals surface area (Å²) in [5.74, 6) is -0.327. The Labute approximate surface area is 188 Å². The minimum atomic E-state index is -0.381. The molecule has 0 heterocycles. The lowest BCUT2D eigenvalue weighted by Crippen LogP contribution is -2.20. The van der Waals surface area contributed by atoms with Crippen LogP contribution in [0.2, 0.25) is 15.1 Å². The van der Waals surface area contributed by atoms with Crippen LogP contribution < -0.4 is 15.4 Å². The van der Waals surface area contributed by atoms with Crippen LogP contribution in [0.4, 0.5) is 11.4 Å². The third-order valence-electron chi connectivity index (χ3n) is 4.04. The van der Waals surface area contributed by atoms with E-state index in [0.29, 0.717) is 22.0 Å². The molecule has 30 heavy (non-hydrogen) atoms. The van der Waals surface area contributed by atoms with Gasteiger partial charge in [0, 0.05) is 23.0 Å². The second kappa shape index (κ2) is 9.85. The molecule has 0 atom stereocenters. The van der Waals surface area contributed by atoms with Gasteiger partial charge in [-0.15, -0.1) is 0 Å². The Morgan fingerprint density at radius 1 is 0.833 bits per heavy atom. The summed E-state index contributed by atoms with van der Waals surface area (Å²) >= 11 is 17.8. The predicted octanol–water partition coefficient (Wildman–Crippen LogP) is 6.23. The van der Waals surface area contributed by atoms with Gasteiger partial charge in [0.05, 0.1) is 15.1 Å². The zero-order chi connectivity index (χ0) is 21.7. The van der Waals surface area contributed by atoms with Crippen LogP contribution in [0.25, 0.3) is 0 Å². The molecule has 0 aliphatic carbocycles. The van der Waals surface area contributed by atoms with E-state index in [0.717, 1.165) is 5.56 Å². The number of rotatable bonds is 6. The van der Waals surface area contributed by atoms with E-state index in [1.165, 1.54) is 12.1 Å². The topological polar surface area (TPSA) is 67.4 Å². The summed E-state index contributed by atoms with van der Waals surface area (Å²) in [6.07, 6.45) is 0. The molecule has 0 saturated heterocycles. The van der Waals surface area contributed by atoms with Crippen LogP contribution in [0.15, 0.2) is 60.7 Å². The van der Waals surface area contributed by atoms with Crippen LogP contribution in [0.3, 0.4) is 0 Å². The average Bonchev–Trinajstić information content (AvgIpc) is 2.71. The Morgan fingerprint density at radius 2 is 1.47 bits per heavy atom. The summed E-state index contributed by atoms with van der Waals surface area (Å²) in [5, 5.41) is 6.35. The van der Waals surface area contributed by atoms with E-state index in [1.807, 2.05) is 25.1 Å². The van der Waals surface area contributed by atoms with Gasteiger partial charge in [0.15, 0.2) is 6.61 Å². The largest absolute Gasteiger partial charge is 0.482 e. The standard InChI is InChI=1S/C22H17Cl3N2O3/c1-13-3-2-4-14(9-13)22(29)27-16-7-5-15(6-8-16)26-21(28)12-30-20-11-18(24)17(23)10-19(20)25/h2-11H,12H2,1H3,(H,26,28)(H,27,29). The fraction of sp³-hybridized carbons (Fsp3) is 0.0909. The lowest BCUT2D eigenvalue weighted by molar-refractivity contribution is -0.118. The maximum absolute atomic E-state index is 12.3. The summed E-state index contributed by atoms with van der Waals surface area (Å²) in [5.41, 5.74) is 2.74. The molecule has 0 fully saturated rings. The van der Waals surface area contributed by atoms with Crippen molar-refractivity contribution in [2.45, 2.75) is 6.92 Å². The highest BCUT2D eigenvalue weighted by molar-refractivity contribution is 6.43. The van der Waals surface area contributed by atoms with Crippen molar-refractivity contribution in [1.82, 2.24) is 0 Å². The summed E-state index contributed by atoms with van der Waals surface area (Å²) in [4.78, 5) is 24.4. The molecule has 0 aliphatic rings. The molecule has 3 aromatic carbocycles. The molecule has 2 amide bonds. The Bertz CT molecular complexity index is 1090. The van der Waals surface area contributed by atoms with Crippen LogP contribution in [-0.2, 0) is 4.79 Å². The lowest BCUT2D eigenvalue weighted by Gasteiger charge is -2.11. The quantitative estimate of drug-likeness (QED) is 0.426. The average molecular weight is 464 g/mol. The molecule has 0 unspecified atom stereocenters. The number of anilines is 2. The smallest absolute Gasteiger partial charge is 0.262 e. The van der Waals surface area contributed by atoms with Crippen LogP contribution in [0.5, 0.6) is 5.75 Å². The van der Waals surface area contributed by atoms with E-state index in [2.05, 4.69) is 10.6 Å². The first-order valence-electron chi connectivity index (χ1n) is 8.87. The molecule has 0 aromatic heterocycles. The van der Waals surface area contributed by atoms with Gasteiger partial charge in [0.25, 0.3) is 11.8 Å². The highest BCUT2D eigenvalue weighted by atomic mass is 35.5. The molecule has 0 aliphatic heterocycles. The minimum absolute atomic E-state index is 0.206. The Balaban J connectivity index is 1.54. The van der Waals surface area contributed by atoms with Gasteiger partial charge < -0.3 is 15.4 Å². The Morgan fingerprint density at radius 3 is 2.13 bits per heavy atom. The monoisotopic (exact) mass is 462 g/mol. The second-order valence-electron chi connectivity index (χ2n) is 6.43. The predicted molar refractivity (Wildman–Crippen MR) is 121 cm³/mol. The molecule has 5 nitrogen and oxygen atoms in total. The first-order valence-corrected chi connectivity index (χ1v) is 10.0. The molecule has 0 bridgehead atoms. The van der Waals surface area contributed by atoms with Crippen LogP contribution in [0.1, 0.15) is 15.9 Å². The molecule has 154 valence electrons. The number of hydrogen-bond donors (Lipinski definition) is 2. The number of aryl methyl sites for hydroxylation is 1. The van der Waals surface area contributed by atoms with Crippen molar-refractivity contribution >= 4 is 58.0 Å². The van der Waals surface area contributed by atoms with E-state index in [4.69, 9.17) is 39.5 Å². The third-order valence-corrected chi connectivity index (χ3v) is 5.06. The molecule has 0 saturated carbocycles. The maximum atomic E-state index is 12.3. The number of carbonyl (C=O) groups is 2. The van der Waals surface area contributed by atoms with Gasteiger partial charge in [-0.3, -0.25) is 9.59 Å². The Kier molecular flexibility index (Phi) is 7.21. The van der Waals surface area contributed by atoms with Gasteiger partial charge in [0.1, 0.15) is 5.75 Å². The number of carbonyl (C=O) groups excluding carboxylic acids is 2. The number of hydrogen-bond acceptors (Lipinski definition) is 3. The van der Waals surface area contributed by atoms with Crippen molar-refractivity contribution in [3.05, 3.63) is 86.9 Å². The summed E-state index contributed by atoms with van der Waals surface area (Å²) in [6, 6.07) is 16.9.